The Morgan fingerprint density at radius 3 is 2.35 bits per heavy atom. The Kier molecular flexibility index (Phi) is 4.67. The van der Waals surface area contributed by atoms with E-state index >= 15 is 0 Å². The van der Waals surface area contributed by atoms with E-state index in [4.69, 9.17) is 5.11 Å². The van der Waals surface area contributed by atoms with E-state index < -0.39 is 34.8 Å². The molecule has 0 aliphatic rings. The van der Waals surface area contributed by atoms with Gasteiger partial charge in [-0.05, 0) is 54.6 Å². The van der Waals surface area contributed by atoms with Crippen LogP contribution < -0.4 is 0 Å². The van der Waals surface area contributed by atoms with Crippen LogP contribution in [0.4, 0.5) is 13.2 Å². The lowest BCUT2D eigenvalue weighted by Gasteiger charge is -2.30. The van der Waals surface area contributed by atoms with E-state index in [1.165, 1.54) is 6.07 Å². The molecule has 0 radical (unpaired) electrons. The monoisotopic (exact) mass is 402 g/mol. The predicted molar refractivity (Wildman–Crippen MR) is 71.2 cm³/mol. The summed E-state index contributed by atoms with van der Waals surface area (Å²) in [6.07, 6.45) is 0. The van der Waals surface area contributed by atoms with Crippen molar-refractivity contribution in [3.8, 4) is 0 Å². The number of rotatable bonds is 4. The summed E-state index contributed by atoms with van der Waals surface area (Å²) in [5, 5.41) is 8.44. The third kappa shape index (κ3) is 3.22. The standard InChI is InChI=1S/C12H10F3IO4/c1-11(2,12(14,15)10(18)19)20-9(17)7-5-6(16)3-4-8(7)13/h3-5H,1-2H3,(H,18,19). The van der Waals surface area contributed by atoms with Crippen LogP contribution in [0.15, 0.2) is 18.2 Å². The van der Waals surface area contributed by atoms with Gasteiger partial charge in [0.2, 0.25) is 0 Å². The average molecular weight is 402 g/mol. The van der Waals surface area contributed by atoms with Crippen molar-refractivity contribution in [2.45, 2.75) is 25.4 Å². The van der Waals surface area contributed by atoms with Crippen molar-refractivity contribution in [1.82, 2.24) is 0 Å². The van der Waals surface area contributed by atoms with Crippen LogP contribution in [0.2, 0.25) is 0 Å². The van der Waals surface area contributed by atoms with Crippen molar-refractivity contribution in [3.05, 3.63) is 33.1 Å². The molecule has 8 heteroatoms. The normalized spacial score (nSPS) is 12.1. The third-order valence-electron chi connectivity index (χ3n) is 2.52. The molecule has 0 spiro atoms. The zero-order chi connectivity index (χ0) is 15.7. The lowest BCUT2D eigenvalue weighted by atomic mass is 10.0. The fourth-order valence-corrected chi connectivity index (χ4v) is 1.75. The summed E-state index contributed by atoms with van der Waals surface area (Å²) in [7, 11) is 0. The minimum atomic E-state index is -4.30. The van der Waals surface area contributed by atoms with Gasteiger partial charge in [0, 0.05) is 3.57 Å². The second-order valence-corrected chi connectivity index (χ2v) is 5.65. The quantitative estimate of drug-likeness (QED) is 0.621. The number of alkyl halides is 2. The van der Waals surface area contributed by atoms with Gasteiger partial charge in [0.15, 0.2) is 5.60 Å². The lowest BCUT2D eigenvalue weighted by molar-refractivity contribution is -0.200. The predicted octanol–water partition coefficient (Wildman–Crippen LogP) is 3.09. The number of carboxylic acid groups (broad SMARTS) is 1. The van der Waals surface area contributed by atoms with Gasteiger partial charge in [-0.2, -0.15) is 8.78 Å². The van der Waals surface area contributed by atoms with E-state index in [0.29, 0.717) is 3.57 Å². The summed E-state index contributed by atoms with van der Waals surface area (Å²) in [6, 6.07) is 3.48. The largest absolute Gasteiger partial charge is 0.477 e. The van der Waals surface area contributed by atoms with Crippen molar-refractivity contribution in [1.29, 1.82) is 0 Å². The van der Waals surface area contributed by atoms with Gasteiger partial charge in [-0.15, -0.1) is 0 Å². The van der Waals surface area contributed by atoms with Crippen LogP contribution in [0.25, 0.3) is 0 Å². The Labute approximate surface area is 126 Å². The molecule has 0 atom stereocenters. The smallest absolute Gasteiger partial charge is 0.380 e. The minimum Gasteiger partial charge on any atom is -0.477 e. The van der Waals surface area contributed by atoms with Crippen molar-refractivity contribution >= 4 is 34.5 Å². The van der Waals surface area contributed by atoms with Crippen LogP contribution >= 0.6 is 22.6 Å². The summed E-state index contributed by atoms with van der Waals surface area (Å²) in [5.41, 5.74) is -3.16. The Morgan fingerprint density at radius 1 is 1.30 bits per heavy atom. The van der Waals surface area contributed by atoms with Crippen LogP contribution in [0.1, 0.15) is 24.2 Å². The molecule has 1 aromatic rings. The highest BCUT2D eigenvalue weighted by molar-refractivity contribution is 14.1. The molecule has 0 fully saturated rings. The molecule has 0 aliphatic heterocycles. The van der Waals surface area contributed by atoms with E-state index in [1.54, 1.807) is 22.6 Å². The Morgan fingerprint density at radius 2 is 1.85 bits per heavy atom. The second kappa shape index (κ2) is 5.58. The van der Waals surface area contributed by atoms with Crippen LogP contribution in [-0.2, 0) is 9.53 Å². The van der Waals surface area contributed by atoms with E-state index in [9.17, 15) is 22.8 Å². The first-order chi connectivity index (χ1) is 8.99. The summed E-state index contributed by atoms with van der Waals surface area (Å²) in [4.78, 5) is 22.2. The van der Waals surface area contributed by atoms with Crippen molar-refractivity contribution in [2.24, 2.45) is 0 Å². The number of aliphatic carboxylic acids is 1. The SMILES string of the molecule is CC(C)(OC(=O)c1cc(I)ccc1F)C(F)(F)C(=O)O. The average Bonchev–Trinajstić information content (AvgIpc) is 2.31. The van der Waals surface area contributed by atoms with Gasteiger partial charge < -0.3 is 9.84 Å². The maximum absolute atomic E-state index is 13.4. The molecule has 0 saturated heterocycles. The molecule has 20 heavy (non-hydrogen) atoms. The molecular weight excluding hydrogens is 392 g/mol. The molecule has 0 unspecified atom stereocenters. The topological polar surface area (TPSA) is 63.6 Å². The Bertz CT molecular complexity index is 558. The van der Waals surface area contributed by atoms with Gasteiger partial charge >= 0.3 is 17.9 Å². The molecular formula is C12H10F3IO4. The highest BCUT2D eigenvalue weighted by Gasteiger charge is 2.57. The molecule has 0 amide bonds. The van der Waals surface area contributed by atoms with Crippen LogP contribution in [0.3, 0.4) is 0 Å². The maximum Gasteiger partial charge on any atom is 0.380 e. The van der Waals surface area contributed by atoms with Crippen molar-refractivity contribution < 1.29 is 32.6 Å². The van der Waals surface area contributed by atoms with Gasteiger partial charge in [-0.1, -0.05) is 0 Å². The van der Waals surface area contributed by atoms with Crippen molar-refractivity contribution in [2.75, 3.05) is 0 Å². The molecule has 4 nitrogen and oxygen atoms in total. The zero-order valence-electron chi connectivity index (χ0n) is 10.4. The van der Waals surface area contributed by atoms with Gasteiger partial charge in [-0.25, -0.2) is 14.0 Å². The number of hydrogen-bond acceptors (Lipinski definition) is 3. The fourth-order valence-electron chi connectivity index (χ4n) is 1.26. The molecule has 1 rings (SSSR count). The highest BCUT2D eigenvalue weighted by atomic mass is 127. The Balaban J connectivity index is 3.06. The first-order valence-corrected chi connectivity index (χ1v) is 6.36. The third-order valence-corrected chi connectivity index (χ3v) is 3.19. The summed E-state index contributed by atoms with van der Waals surface area (Å²) in [6.45, 7) is 1.48. The fraction of sp³-hybridized carbons (Fsp3) is 0.333. The van der Waals surface area contributed by atoms with Gasteiger partial charge in [0.25, 0.3) is 0 Å². The molecule has 0 bridgehead atoms. The first kappa shape index (κ1) is 16.7. The zero-order valence-corrected chi connectivity index (χ0v) is 12.6. The number of esters is 1. The minimum absolute atomic E-state index is 0.499. The molecule has 0 heterocycles. The van der Waals surface area contributed by atoms with Crippen LogP contribution in [-0.4, -0.2) is 28.6 Å². The highest BCUT2D eigenvalue weighted by Crippen LogP contribution is 2.33. The first-order valence-electron chi connectivity index (χ1n) is 5.28. The number of carbonyl (C=O) groups is 2. The molecule has 0 aromatic heterocycles. The number of carbonyl (C=O) groups excluding carboxylic acids is 1. The Hall–Kier alpha value is -1.32. The van der Waals surface area contributed by atoms with E-state index in [1.807, 2.05) is 0 Å². The van der Waals surface area contributed by atoms with Gasteiger partial charge in [0.1, 0.15) is 5.82 Å². The molecule has 1 aromatic carbocycles. The number of hydrogen-bond donors (Lipinski definition) is 1. The number of halogens is 4. The summed E-state index contributed by atoms with van der Waals surface area (Å²) >= 11 is 1.80. The number of benzene rings is 1. The lowest BCUT2D eigenvalue weighted by Crippen LogP contribution is -2.51. The van der Waals surface area contributed by atoms with Gasteiger partial charge in [0.05, 0.1) is 5.56 Å². The molecule has 0 aliphatic carbocycles. The van der Waals surface area contributed by atoms with E-state index in [2.05, 4.69) is 4.74 Å². The van der Waals surface area contributed by atoms with Crippen LogP contribution in [0, 0.1) is 9.39 Å². The van der Waals surface area contributed by atoms with E-state index in [-0.39, 0.29) is 0 Å². The number of carboxylic acids is 1. The molecule has 1 N–H and O–H groups in total. The second-order valence-electron chi connectivity index (χ2n) is 4.40. The number of ether oxygens (including phenoxy) is 1. The van der Waals surface area contributed by atoms with Crippen molar-refractivity contribution in [3.63, 3.8) is 0 Å². The molecule has 110 valence electrons. The van der Waals surface area contributed by atoms with Gasteiger partial charge in [-0.3, -0.25) is 0 Å². The summed E-state index contributed by atoms with van der Waals surface area (Å²) in [5.74, 6) is -9.03. The van der Waals surface area contributed by atoms with E-state index in [0.717, 1.165) is 26.0 Å². The maximum atomic E-state index is 13.4. The van der Waals surface area contributed by atoms with Crippen LogP contribution in [0.5, 0.6) is 0 Å². The molecule has 0 saturated carbocycles. The summed E-state index contributed by atoms with van der Waals surface area (Å²) < 4.78 is 45.2.